The average molecular weight is 186 g/mol. The first-order chi connectivity index (χ1) is 5.74. The van der Waals surface area contributed by atoms with Gasteiger partial charge in [-0.25, -0.2) is 0 Å². The van der Waals surface area contributed by atoms with E-state index in [1.54, 1.807) is 0 Å². The largest absolute Gasteiger partial charge is 0.298 e. The summed E-state index contributed by atoms with van der Waals surface area (Å²) in [5.41, 5.74) is 0. The standard InChI is InChI=1S/C8H12ClN3/c1-3-7-10-11-8(9)12(7)6-4-5(6)2/h5-6H,3-4H2,1-2H3. The van der Waals surface area contributed by atoms with Crippen LogP contribution >= 0.6 is 11.6 Å². The minimum Gasteiger partial charge on any atom is -0.298 e. The van der Waals surface area contributed by atoms with Gasteiger partial charge in [0.05, 0.1) is 0 Å². The number of nitrogens with zero attached hydrogens (tertiary/aromatic N) is 3. The summed E-state index contributed by atoms with van der Waals surface area (Å²) in [7, 11) is 0. The first-order valence-electron chi connectivity index (χ1n) is 4.33. The van der Waals surface area contributed by atoms with Crippen LogP contribution in [0.15, 0.2) is 0 Å². The summed E-state index contributed by atoms with van der Waals surface area (Å²) in [4.78, 5) is 0. The zero-order valence-corrected chi connectivity index (χ0v) is 8.04. The van der Waals surface area contributed by atoms with Gasteiger partial charge in [-0.1, -0.05) is 13.8 Å². The van der Waals surface area contributed by atoms with Crippen molar-refractivity contribution >= 4 is 11.6 Å². The molecule has 1 heterocycles. The van der Waals surface area contributed by atoms with Gasteiger partial charge in [-0.15, -0.1) is 10.2 Å². The zero-order chi connectivity index (χ0) is 8.72. The second kappa shape index (κ2) is 2.73. The highest BCUT2D eigenvalue weighted by molar-refractivity contribution is 6.28. The Morgan fingerprint density at radius 1 is 1.58 bits per heavy atom. The molecule has 1 saturated carbocycles. The van der Waals surface area contributed by atoms with E-state index in [0.717, 1.165) is 18.2 Å². The predicted molar refractivity (Wildman–Crippen MR) is 47.2 cm³/mol. The van der Waals surface area contributed by atoms with Crippen molar-refractivity contribution in [2.45, 2.75) is 32.7 Å². The third-order valence-electron chi connectivity index (χ3n) is 2.44. The van der Waals surface area contributed by atoms with Crippen molar-refractivity contribution in [2.75, 3.05) is 0 Å². The quantitative estimate of drug-likeness (QED) is 0.707. The predicted octanol–water partition coefficient (Wildman–Crippen LogP) is 2.07. The highest BCUT2D eigenvalue weighted by Crippen LogP contribution is 2.44. The number of aromatic nitrogens is 3. The van der Waals surface area contributed by atoms with Crippen LogP contribution in [0.25, 0.3) is 0 Å². The maximum Gasteiger partial charge on any atom is 0.225 e. The summed E-state index contributed by atoms with van der Waals surface area (Å²) in [6.45, 7) is 4.30. The van der Waals surface area contributed by atoms with Crippen LogP contribution < -0.4 is 0 Å². The highest BCUT2D eigenvalue weighted by Gasteiger charge is 2.37. The molecule has 66 valence electrons. The molecule has 2 rings (SSSR count). The normalized spacial score (nSPS) is 27.6. The van der Waals surface area contributed by atoms with E-state index in [1.807, 2.05) is 0 Å². The second-order valence-corrected chi connectivity index (χ2v) is 3.73. The summed E-state index contributed by atoms with van der Waals surface area (Å²) >= 11 is 5.91. The third-order valence-corrected chi connectivity index (χ3v) is 2.70. The molecule has 0 amide bonds. The Morgan fingerprint density at radius 2 is 2.25 bits per heavy atom. The third kappa shape index (κ3) is 1.12. The van der Waals surface area contributed by atoms with E-state index < -0.39 is 0 Å². The minimum absolute atomic E-state index is 0.543. The molecule has 4 heteroatoms. The molecule has 12 heavy (non-hydrogen) atoms. The molecule has 0 spiro atoms. The molecule has 0 aromatic carbocycles. The van der Waals surface area contributed by atoms with Crippen LogP contribution in [0.3, 0.4) is 0 Å². The summed E-state index contributed by atoms with van der Waals surface area (Å²) in [5, 5.41) is 8.42. The molecule has 2 atom stereocenters. The topological polar surface area (TPSA) is 30.7 Å². The zero-order valence-electron chi connectivity index (χ0n) is 7.29. The molecule has 0 bridgehead atoms. The second-order valence-electron chi connectivity index (χ2n) is 3.39. The van der Waals surface area contributed by atoms with Gasteiger partial charge in [-0.3, -0.25) is 4.57 Å². The van der Waals surface area contributed by atoms with Gasteiger partial charge in [0.15, 0.2) is 0 Å². The Morgan fingerprint density at radius 3 is 2.75 bits per heavy atom. The summed E-state index contributed by atoms with van der Waals surface area (Å²) in [6.07, 6.45) is 2.12. The molecule has 1 aromatic heterocycles. The van der Waals surface area contributed by atoms with Gasteiger partial charge in [0.25, 0.3) is 0 Å². The van der Waals surface area contributed by atoms with Gasteiger partial charge < -0.3 is 0 Å². The van der Waals surface area contributed by atoms with Gasteiger partial charge >= 0.3 is 0 Å². The van der Waals surface area contributed by atoms with E-state index in [4.69, 9.17) is 11.6 Å². The molecule has 0 radical (unpaired) electrons. The van der Waals surface area contributed by atoms with Crippen LogP contribution in [-0.2, 0) is 6.42 Å². The van der Waals surface area contributed by atoms with E-state index >= 15 is 0 Å². The Balaban J connectivity index is 2.33. The lowest BCUT2D eigenvalue weighted by molar-refractivity contribution is 0.647. The number of rotatable bonds is 2. The van der Waals surface area contributed by atoms with Crippen molar-refractivity contribution in [1.29, 1.82) is 0 Å². The SMILES string of the molecule is CCc1nnc(Cl)n1C1CC1C. The van der Waals surface area contributed by atoms with Crippen LogP contribution in [0.1, 0.15) is 32.1 Å². The molecule has 1 aliphatic carbocycles. The molecular weight excluding hydrogens is 174 g/mol. The maximum absolute atomic E-state index is 5.91. The Labute approximate surface area is 76.7 Å². The van der Waals surface area contributed by atoms with Crippen LogP contribution in [0.5, 0.6) is 0 Å². The Bertz CT molecular complexity index is 294. The van der Waals surface area contributed by atoms with Gasteiger partial charge in [0.2, 0.25) is 5.28 Å². The Kier molecular flexibility index (Phi) is 1.83. The summed E-state index contributed by atoms with van der Waals surface area (Å²) in [6, 6.07) is 0.558. The van der Waals surface area contributed by atoms with Crippen molar-refractivity contribution < 1.29 is 0 Å². The lowest BCUT2D eigenvalue weighted by Gasteiger charge is -2.03. The van der Waals surface area contributed by atoms with Gasteiger partial charge in [0.1, 0.15) is 5.82 Å². The van der Waals surface area contributed by atoms with E-state index in [9.17, 15) is 0 Å². The highest BCUT2D eigenvalue weighted by atomic mass is 35.5. The molecule has 1 aromatic rings. The molecule has 0 saturated heterocycles. The molecule has 1 aliphatic rings. The van der Waals surface area contributed by atoms with Gasteiger partial charge in [-0.2, -0.15) is 0 Å². The van der Waals surface area contributed by atoms with Crippen molar-refractivity contribution in [3.05, 3.63) is 11.1 Å². The van der Waals surface area contributed by atoms with Crippen LogP contribution in [0.2, 0.25) is 5.28 Å². The molecule has 2 unspecified atom stereocenters. The van der Waals surface area contributed by atoms with Crippen molar-refractivity contribution in [3.63, 3.8) is 0 Å². The van der Waals surface area contributed by atoms with Crippen molar-refractivity contribution in [3.8, 4) is 0 Å². The number of aryl methyl sites for hydroxylation is 1. The molecule has 0 aliphatic heterocycles. The Hall–Kier alpha value is -0.570. The van der Waals surface area contributed by atoms with Gasteiger partial charge in [-0.05, 0) is 23.9 Å². The lowest BCUT2D eigenvalue weighted by atomic mass is 10.4. The van der Waals surface area contributed by atoms with E-state index in [0.29, 0.717) is 11.3 Å². The molecule has 0 N–H and O–H groups in total. The van der Waals surface area contributed by atoms with E-state index in [1.165, 1.54) is 6.42 Å². The van der Waals surface area contributed by atoms with Crippen LogP contribution in [0, 0.1) is 5.92 Å². The van der Waals surface area contributed by atoms with E-state index in [-0.39, 0.29) is 0 Å². The summed E-state index contributed by atoms with van der Waals surface area (Å²) < 4.78 is 2.06. The first kappa shape index (κ1) is 8.05. The van der Waals surface area contributed by atoms with Crippen LogP contribution in [-0.4, -0.2) is 14.8 Å². The summed E-state index contributed by atoms with van der Waals surface area (Å²) in [5.74, 6) is 1.75. The molecule has 3 nitrogen and oxygen atoms in total. The molecule has 1 fully saturated rings. The fourth-order valence-electron chi connectivity index (χ4n) is 1.53. The maximum atomic E-state index is 5.91. The van der Waals surface area contributed by atoms with Crippen molar-refractivity contribution in [2.24, 2.45) is 5.92 Å². The number of hydrogen-bond donors (Lipinski definition) is 0. The monoisotopic (exact) mass is 185 g/mol. The number of hydrogen-bond acceptors (Lipinski definition) is 2. The first-order valence-corrected chi connectivity index (χ1v) is 4.71. The lowest BCUT2D eigenvalue weighted by Crippen LogP contribution is -2.01. The average Bonchev–Trinajstić information content (AvgIpc) is 2.62. The number of halogens is 1. The smallest absolute Gasteiger partial charge is 0.225 e. The molecular formula is C8H12ClN3. The fourth-order valence-corrected chi connectivity index (χ4v) is 1.79. The fraction of sp³-hybridized carbons (Fsp3) is 0.750. The van der Waals surface area contributed by atoms with E-state index in [2.05, 4.69) is 28.6 Å². The minimum atomic E-state index is 0.543. The van der Waals surface area contributed by atoms with Crippen molar-refractivity contribution in [1.82, 2.24) is 14.8 Å². The van der Waals surface area contributed by atoms with Crippen LogP contribution in [0.4, 0.5) is 0 Å². The van der Waals surface area contributed by atoms with Gasteiger partial charge in [0, 0.05) is 12.5 Å².